The molecule has 0 radical (unpaired) electrons. The van der Waals surface area contributed by atoms with Crippen molar-refractivity contribution >= 4 is 34.4 Å². The lowest BCUT2D eigenvalue weighted by molar-refractivity contribution is -0.384. The van der Waals surface area contributed by atoms with Gasteiger partial charge in [0.2, 0.25) is 0 Å². The summed E-state index contributed by atoms with van der Waals surface area (Å²) in [5.41, 5.74) is -0.436. The number of nitro groups is 1. The van der Waals surface area contributed by atoms with E-state index >= 15 is 0 Å². The van der Waals surface area contributed by atoms with Crippen LogP contribution in [0.15, 0.2) is 46.9 Å². The number of nitrogens with one attached hydrogen (secondary N) is 1. The summed E-state index contributed by atoms with van der Waals surface area (Å²) in [7, 11) is 0. The molecule has 1 heterocycles. The molecule has 1 N–H and O–H groups in total. The van der Waals surface area contributed by atoms with Crippen molar-refractivity contribution in [2.75, 3.05) is 0 Å². The highest BCUT2D eigenvalue weighted by Gasteiger charge is 2.37. The summed E-state index contributed by atoms with van der Waals surface area (Å²) in [6, 6.07) is 7.31. The van der Waals surface area contributed by atoms with Crippen molar-refractivity contribution in [2.45, 2.75) is 12.6 Å². The van der Waals surface area contributed by atoms with Crippen LogP contribution in [0.1, 0.15) is 26.5 Å². The first-order chi connectivity index (χ1) is 12.2. The normalized spacial score (nSPS) is 11.9. The highest BCUT2D eigenvalue weighted by Crippen LogP contribution is 2.22. The fraction of sp³-hybridized carbons (Fsp3) is 0.133. The summed E-state index contributed by atoms with van der Waals surface area (Å²) in [6.45, 7) is 0. The van der Waals surface area contributed by atoms with Crippen molar-refractivity contribution in [3.05, 3.63) is 62.3 Å². The molecule has 0 spiro atoms. The van der Waals surface area contributed by atoms with Gasteiger partial charge in [-0.15, -0.1) is 11.3 Å². The molecular weight excluding hydrogens is 375 g/mol. The van der Waals surface area contributed by atoms with E-state index in [2.05, 4.69) is 5.10 Å². The van der Waals surface area contributed by atoms with Gasteiger partial charge in [-0.3, -0.25) is 19.7 Å². The zero-order valence-electron chi connectivity index (χ0n) is 12.8. The molecule has 11 heteroatoms. The predicted octanol–water partition coefficient (Wildman–Crippen LogP) is 3.58. The first kappa shape index (κ1) is 19.2. The molecule has 0 saturated heterocycles. The first-order valence-corrected chi connectivity index (χ1v) is 7.81. The van der Waals surface area contributed by atoms with Gasteiger partial charge < -0.3 is 0 Å². The molecule has 0 aliphatic carbocycles. The van der Waals surface area contributed by atoms with Crippen LogP contribution in [0.3, 0.4) is 0 Å². The molecule has 0 aliphatic rings. The summed E-state index contributed by atoms with van der Waals surface area (Å²) in [5, 5.41) is 15.2. The predicted molar refractivity (Wildman–Crippen MR) is 87.3 cm³/mol. The van der Waals surface area contributed by atoms with Crippen molar-refractivity contribution in [1.29, 1.82) is 0 Å². The van der Waals surface area contributed by atoms with Crippen LogP contribution in [-0.2, 0) is 0 Å². The number of hydrogen-bond donors (Lipinski definition) is 1. The lowest BCUT2D eigenvalue weighted by Gasteiger charge is -2.10. The van der Waals surface area contributed by atoms with E-state index in [1.165, 1.54) is 24.3 Å². The van der Waals surface area contributed by atoms with Gasteiger partial charge in [-0.1, -0.05) is 12.1 Å². The third-order valence-electron chi connectivity index (χ3n) is 3.06. The van der Waals surface area contributed by atoms with Gasteiger partial charge in [0, 0.05) is 17.7 Å². The number of benzene rings is 1. The van der Waals surface area contributed by atoms with Crippen LogP contribution in [0.5, 0.6) is 0 Å². The number of carbonyl (C=O) groups excluding carboxylic acids is 2. The Morgan fingerprint density at radius 1 is 1.23 bits per heavy atom. The molecule has 2 aromatic rings. The highest BCUT2D eigenvalue weighted by molar-refractivity contribution is 7.12. The summed E-state index contributed by atoms with van der Waals surface area (Å²) in [5.74, 6) is -1.86. The fourth-order valence-corrected chi connectivity index (χ4v) is 2.49. The minimum atomic E-state index is -4.93. The van der Waals surface area contributed by atoms with E-state index in [0.29, 0.717) is 0 Å². The second-order valence-corrected chi connectivity index (χ2v) is 5.83. The van der Waals surface area contributed by atoms with E-state index in [4.69, 9.17) is 0 Å². The second kappa shape index (κ2) is 7.87. The summed E-state index contributed by atoms with van der Waals surface area (Å²) in [6.07, 6.45) is -5.97. The third-order valence-corrected chi connectivity index (χ3v) is 3.97. The van der Waals surface area contributed by atoms with E-state index in [1.54, 1.807) is 10.8 Å². The molecule has 1 amide bonds. The Bertz CT molecular complexity index is 863. The SMILES string of the molecule is O=C(NN=C(CC(=O)c1cccs1)C(F)(F)F)c1cccc([N+](=O)[O-])c1. The van der Waals surface area contributed by atoms with Gasteiger partial charge in [0.15, 0.2) is 5.78 Å². The van der Waals surface area contributed by atoms with Crippen molar-refractivity contribution in [1.82, 2.24) is 5.43 Å². The number of amides is 1. The van der Waals surface area contributed by atoms with Crippen molar-refractivity contribution in [3.63, 3.8) is 0 Å². The van der Waals surface area contributed by atoms with Crippen LogP contribution >= 0.6 is 11.3 Å². The van der Waals surface area contributed by atoms with E-state index in [9.17, 15) is 32.9 Å². The van der Waals surface area contributed by atoms with Crippen LogP contribution in [0.25, 0.3) is 0 Å². The average Bonchev–Trinajstić information content (AvgIpc) is 3.11. The number of nitro benzene ring substituents is 1. The number of thiophene rings is 1. The molecule has 0 fully saturated rings. The Morgan fingerprint density at radius 2 is 1.96 bits per heavy atom. The van der Waals surface area contributed by atoms with Gasteiger partial charge in [-0.05, 0) is 17.5 Å². The van der Waals surface area contributed by atoms with Gasteiger partial charge in [0.25, 0.3) is 11.6 Å². The summed E-state index contributed by atoms with van der Waals surface area (Å²) < 4.78 is 39.1. The molecule has 1 aromatic heterocycles. The Hall–Kier alpha value is -3.08. The maximum absolute atomic E-state index is 13.0. The number of nitrogens with zero attached hydrogens (tertiary/aromatic N) is 2. The van der Waals surface area contributed by atoms with Crippen molar-refractivity contribution < 1.29 is 27.7 Å². The van der Waals surface area contributed by atoms with Crippen LogP contribution < -0.4 is 5.43 Å². The molecule has 0 bridgehead atoms. The molecule has 0 saturated carbocycles. The van der Waals surface area contributed by atoms with Crippen LogP contribution in [-0.4, -0.2) is 28.5 Å². The molecule has 136 valence electrons. The Kier molecular flexibility index (Phi) is 5.82. The number of ketones is 1. The Balaban J connectivity index is 2.17. The number of Topliss-reactive ketones (excluding diaryl/α,β-unsaturated/α-hetero) is 1. The molecular formula is C15H10F3N3O4S. The van der Waals surface area contributed by atoms with Crippen LogP contribution in [0.4, 0.5) is 18.9 Å². The molecule has 7 nitrogen and oxygen atoms in total. The number of alkyl halides is 3. The monoisotopic (exact) mass is 385 g/mol. The molecule has 1 aromatic carbocycles. The van der Waals surface area contributed by atoms with Gasteiger partial charge in [0.05, 0.1) is 16.2 Å². The number of hydrazone groups is 1. The Morgan fingerprint density at radius 3 is 2.54 bits per heavy atom. The average molecular weight is 385 g/mol. The highest BCUT2D eigenvalue weighted by atomic mass is 32.1. The smallest absolute Gasteiger partial charge is 0.293 e. The maximum atomic E-state index is 13.0. The van der Waals surface area contributed by atoms with Crippen molar-refractivity contribution in [3.8, 4) is 0 Å². The zero-order valence-corrected chi connectivity index (χ0v) is 13.6. The number of hydrogen-bond acceptors (Lipinski definition) is 6. The van der Waals surface area contributed by atoms with E-state index in [-0.39, 0.29) is 10.4 Å². The number of rotatable bonds is 6. The standard InChI is InChI=1S/C15H10F3N3O4S/c16-15(17,18)13(8-11(22)12-5-2-6-26-12)19-20-14(23)9-3-1-4-10(7-9)21(24)25/h1-7H,8H2,(H,20,23). The lowest BCUT2D eigenvalue weighted by atomic mass is 10.1. The van der Waals surface area contributed by atoms with Crippen molar-refractivity contribution in [2.24, 2.45) is 5.10 Å². The maximum Gasteiger partial charge on any atom is 0.431 e. The van der Waals surface area contributed by atoms with Crippen LogP contribution in [0.2, 0.25) is 0 Å². The van der Waals surface area contributed by atoms with E-state index < -0.39 is 40.6 Å². The van der Waals surface area contributed by atoms with Gasteiger partial charge in [-0.2, -0.15) is 18.3 Å². The minimum Gasteiger partial charge on any atom is -0.293 e. The Labute approximate surface area is 148 Å². The largest absolute Gasteiger partial charge is 0.431 e. The molecule has 0 atom stereocenters. The lowest BCUT2D eigenvalue weighted by Crippen LogP contribution is -2.30. The second-order valence-electron chi connectivity index (χ2n) is 4.88. The number of non-ortho nitro benzene ring substituents is 1. The molecule has 0 unspecified atom stereocenters. The van der Waals surface area contributed by atoms with E-state index in [1.807, 2.05) is 0 Å². The summed E-state index contributed by atoms with van der Waals surface area (Å²) in [4.78, 5) is 33.8. The van der Waals surface area contributed by atoms with Gasteiger partial charge >= 0.3 is 6.18 Å². The van der Waals surface area contributed by atoms with Crippen LogP contribution in [0, 0.1) is 10.1 Å². The number of halogens is 3. The molecule has 2 rings (SSSR count). The fourth-order valence-electron chi connectivity index (χ4n) is 1.82. The van der Waals surface area contributed by atoms with Gasteiger partial charge in [0.1, 0.15) is 5.71 Å². The molecule has 0 aliphatic heterocycles. The quantitative estimate of drug-likeness (QED) is 0.355. The van der Waals surface area contributed by atoms with Gasteiger partial charge in [-0.25, -0.2) is 5.43 Å². The molecule has 26 heavy (non-hydrogen) atoms. The first-order valence-electron chi connectivity index (χ1n) is 6.93. The zero-order chi connectivity index (χ0) is 19.3. The summed E-state index contributed by atoms with van der Waals surface area (Å²) >= 11 is 0.986. The topological polar surface area (TPSA) is 102 Å². The minimum absolute atomic E-state index is 0.131. The van der Waals surface area contributed by atoms with E-state index in [0.717, 1.165) is 23.5 Å². The third kappa shape index (κ3) is 4.96. The number of carbonyl (C=O) groups is 2.